The number of benzene rings is 1. The van der Waals surface area contributed by atoms with Crippen molar-refractivity contribution in [1.29, 1.82) is 0 Å². The fourth-order valence-electron chi connectivity index (χ4n) is 2.33. The molecule has 1 heterocycles. The topological polar surface area (TPSA) is 61.9 Å². The fraction of sp³-hybridized carbons (Fsp3) is 0.500. The Hall–Kier alpha value is -2.24. The minimum Gasteiger partial charge on any atom is -0.494 e. The lowest BCUT2D eigenvalue weighted by Gasteiger charge is -2.23. The quantitative estimate of drug-likeness (QED) is 0.930. The molecule has 0 unspecified atom stereocenters. The van der Waals surface area contributed by atoms with E-state index in [-0.39, 0.29) is 18.0 Å². The third kappa shape index (κ3) is 3.32. The summed E-state index contributed by atoms with van der Waals surface area (Å²) in [6.07, 6.45) is 1.43. The summed E-state index contributed by atoms with van der Waals surface area (Å²) in [6.45, 7) is 4.60. The van der Waals surface area contributed by atoms with Crippen LogP contribution in [0.25, 0.3) is 0 Å². The van der Waals surface area contributed by atoms with E-state index in [1.165, 1.54) is 0 Å². The zero-order valence-corrected chi connectivity index (χ0v) is 13.5. The number of carbonyl (C=O) groups excluding carboxylic acids is 2. The first-order chi connectivity index (χ1) is 10.4. The van der Waals surface area contributed by atoms with Gasteiger partial charge in [0.25, 0.3) is 0 Å². The van der Waals surface area contributed by atoms with Gasteiger partial charge >= 0.3 is 6.03 Å². The molecule has 3 amide bonds. The Balaban J connectivity index is 2.19. The highest BCUT2D eigenvalue weighted by molar-refractivity contribution is 5.97. The molecule has 1 fully saturated rings. The molecule has 1 aromatic carbocycles. The van der Waals surface area contributed by atoms with E-state index in [0.29, 0.717) is 24.4 Å². The van der Waals surface area contributed by atoms with Gasteiger partial charge in [0, 0.05) is 37.8 Å². The van der Waals surface area contributed by atoms with Gasteiger partial charge in [-0.05, 0) is 32.4 Å². The van der Waals surface area contributed by atoms with Crippen LogP contribution in [0.3, 0.4) is 0 Å². The standard InChI is InChI=1S/C16H23N3O3/c1-11(2)18(3)16(21)17-12-7-8-13(14(10-12)22-4)19-9-5-6-15(19)20/h7-8,10-11H,5-6,9H2,1-4H3,(H,17,21). The summed E-state index contributed by atoms with van der Waals surface area (Å²) in [5.41, 5.74) is 1.39. The summed E-state index contributed by atoms with van der Waals surface area (Å²) in [5.74, 6) is 0.690. The number of amides is 3. The Morgan fingerprint density at radius 2 is 2.14 bits per heavy atom. The Morgan fingerprint density at radius 3 is 2.68 bits per heavy atom. The van der Waals surface area contributed by atoms with E-state index in [0.717, 1.165) is 12.1 Å². The van der Waals surface area contributed by atoms with E-state index in [9.17, 15) is 9.59 Å². The monoisotopic (exact) mass is 305 g/mol. The molecule has 22 heavy (non-hydrogen) atoms. The maximum Gasteiger partial charge on any atom is 0.321 e. The smallest absolute Gasteiger partial charge is 0.321 e. The van der Waals surface area contributed by atoms with Gasteiger partial charge in [0.15, 0.2) is 0 Å². The highest BCUT2D eigenvalue weighted by Crippen LogP contribution is 2.33. The van der Waals surface area contributed by atoms with Crippen molar-refractivity contribution < 1.29 is 14.3 Å². The number of nitrogens with zero attached hydrogens (tertiary/aromatic N) is 2. The van der Waals surface area contributed by atoms with Crippen LogP contribution in [0, 0.1) is 0 Å². The Labute approximate surface area is 131 Å². The molecule has 0 aliphatic carbocycles. The minimum atomic E-state index is -0.179. The number of methoxy groups -OCH3 is 1. The van der Waals surface area contributed by atoms with Crippen molar-refractivity contribution in [3.05, 3.63) is 18.2 Å². The third-order valence-corrected chi connectivity index (χ3v) is 3.89. The number of carbonyl (C=O) groups is 2. The largest absolute Gasteiger partial charge is 0.494 e. The summed E-state index contributed by atoms with van der Waals surface area (Å²) in [5, 5.41) is 2.83. The first-order valence-corrected chi connectivity index (χ1v) is 7.46. The predicted octanol–water partition coefficient (Wildman–Crippen LogP) is 2.69. The van der Waals surface area contributed by atoms with Crippen LogP contribution in [0.2, 0.25) is 0 Å². The van der Waals surface area contributed by atoms with Crippen LogP contribution >= 0.6 is 0 Å². The number of nitrogens with one attached hydrogen (secondary N) is 1. The zero-order valence-electron chi connectivity index (χ0n) is 13.5. The van der Waals surface area contributed by atoms with Crippen LogP contribution < -0.4 is 15.0 Å². The number of urea groups is 1. The van der Waals surface area contributed by atoms with E-state index in [4.69, 9.17) is 4.74 Å². The lowest BCUT2D eigenvalue weighted by Crippen LogP contribution is -2.36. The molecule has 0 radical (unpaired) electrons. The molecule has 2 rings (SSSR count). The number of hydrogen-bond acceptors (Lipinski definition) is 3. The molecule has 0 spiro atoms. The lowest BCUT2D eigenvalue weighted by atomic mass is 10.2. The maximum atomic E-state index is 12.1. The average molecular weight is 305 g/mol. The molecular weight excluding hydrogens is 282 g/mol. The molecule has 6 nitrogen and oxygen atoms in total. The van der Waals surface area contributed by atoms with Crippen molar-refractivity contribution >= 4 is 23.3 Å². The molecule has 0 bridgehead atoms. The molecule has 1 saturated heterocycles. The Kier molecular flexibility index (Phi) is 4.90. The van der Waals surface area contributed by atoms with Crippen molar-refractivity contribution in [3.63, 3.8) is 0 Å². The number of hydrogen-bond donors (Lipinski definition) is 1. The van der Waals surface area contributed by atoms with Gasteiger partial charge in [-0.25, -0.2) is 4.79 Å². The van der Waals surface area contributed by atoms with Crippen LogP contribution in [-0.4, -0.2) is 43.6 Å². The second-order valence-electron chi connectivity index (χ2n) is 5.67. The minimum absolute atomic E-state index is 0.106. The predicted molar refractivity (Wildman–Crippen MR) is 86.5 cm³/mol. The summed E-state index contributed by atoms with van der Waals surface area (Å²) in [7, 11) is 3.31. The van der Waals surface area contributed by atoms with Gasteiger partial charge in [0.2, 0.25) is 5.91 Å². The van der Waals surface area contributed by atoms with Gasteiger partial charge in [0.05, 0.1) is 12.8 Å². The van der Waals surface area contributed by atoms with Crippen molar-refractivity contribution in [1.82, 2.24) is 4.90 Å². The van der Waals surface area contributed by atoms with Gasteiger partial charge in [-0.1, -0.05) is 0 Å². The van der Waals surface area contributed by atoms with E-state index >= 15 is 0 Å². The van der Waals surface area contributed by atoms with Gasteiger partial charge in [-0.2, -0.15) is 0 Å². The highest BCUT2D eigenvalue weighted by atomic mass is 16.5. The van der Waals surface area contributed by atoms with E-state index in [1.54, 1.807) is 36.1 Å². The fourth-order valence-corrected chi connectivity index (χ4v) is 2.33. The zero-order chi connectivity index (χ0) is 16.3. The van der Waals surface area contributed by atoms with Crippen molar-refractivity contribution in [2.45, 2.75) is 32.7 Å². The Morgan fingerprint density at radius 1 is 1.41 bits per heavy atom. The van der Waals surface area contributed by atoms with Crippen LogP contribution in [0.4, 0.5) is 16.2 Å². The second kappa shape index (κ2) is 6.68. The number of anilines is 2. The normalized spacial score (nSPS) is 14.4. The van der Waals surface area contributed by atoms with E-state index in [1.807, 2.05) is 19.9 Å². The summed E-state index contributed by atoms with van der Waals surface area (Å²) >= 11 is 0. The Bertz CT molecular complexity index is 572. The van der Waals surface area contributed by atoms with Gasteiger partial charge < -0.3 is 19.9 Å². The van der Waals surface area contributed by atoms with Gasteiger partial charge in [0.1, 0.15) is 5.75 Å². The molecule has 1 aromatic rings. The molecule has 0 atom stereocenters. The van der Waals surface area contributed by atoms with Crippen molar-refractivity contribution in [2.24, 2.45) is 0 Å². The molecule has 1 aliphatic heterocycles. The summed E-state index contributed by atoms with van der Waals surface area (Å²) in [6, 6.07) is 5.28. The summed E-state index contributed by atoms with van der Waals surface area (Å²) < 4.78 is 5.38. The third-order valence-electron chi connectivity index (χ3n) is 3.89. The first kappa shape index (κ1) is 16.1. The van der Waals surface area contributed by atoms with Crippen LogP contribution in [0.15, 0.2) is 18.2 Å². The molecule has 0 saturated carbocycles. The van der Waals surface area contributed by atoms with Crippen LogP contribution in [0.5, 0.6) is 5.75 Å². The molecule has 0 aromatic heterocycles. The SMILES string of the molecule is COc1cc(NC(=O)N(C)C(C)C)ccc1N1CCCC1=O. The van der Waals surface area contributed by atoms with Crippen LogP contribution in [0.1, 0.15) is 26.7 Å². The number of rotatable bonds is 4. The molecule has 1 aliphatic rings. The summed E-state index contributed by atoms with van der Waals surface area (Å²) in [4.78, 5) is 27.3. The molecule has 120 valence electrons. The maximum absolute atomic E-state index is 12.1. The van der Waals surface area contributed by atoms with E-state index in [2.05, 4.69) is 5.32 Å². The van der Waals surface area contributed by atoms with Gasteiger partial charge in [-0.3, -0.25) is 4.79 Å². The van der Waals surface area contributed by atoms with Crippen molar-refractivity contribution in [2.75, 3.05) is 30.9 Å². The van der Waals surface area contributed by atoms with Gasteiger partial charge in [-0.15, -0.1) is 0 Å². The first-order valence-electron chi connectivity index (χ1n) is 7.46. The molecule has 6 heteroatoms. The lowest BCUT2D eigenvalue weighted by molar-refractivity contribution is -0.117. The molecule has 1 N–H and O–H groups in total. The molecular formula is C16H23N3O3. The van der Waals surface area contributed by atoms with Crippen LogP contribution in [-0.2, 0) is 4.79 Å². The highest BCUT2D eigenvalue weighted by Gasteiger charge is 2.24. The van der Waals surface area contributed by atoms with E-state index < -0.39 is 0 Å². The average Bonchev–Trinajstić information content (AvgIpc) is 2.92. The van der Waals surface area contributed by atoms with Crippen molar-refractivity contribution in [3.8, 4) is 5.75 Å². The second-order valence-corrected chi connectivity index (χ2v) is 5.67. The number of ether oxygens (including phenoxy) is 1.